The molecule has 2 aliphatic rings. The molecule has 0 spiro atoms. The highest BCUT2D eigenvalue weighted by atomic mass is 16.5. The maximum atomic E-state index is 12.2. The van der Waals surface area contributed by atoms with Crippen LogP contribution in [0.25, 0.3) is 0 Å². The maximum Gasteiger partial charge on any atom is 0.162 e. The smallest absolute Gasteiger partial charge is 0.162 e. The molecule has 0 amide bonds. The minimum Gasteiger partial charge on any atom is -0.381 e. The van der Waals surface area contributed by atoms with E-state index in [0.717, 1.165) is 38.0 Å². The standard InChI is InChI=1S/C13H20O2/c1-10-9-15-8-7-12(10)13(14)11-5-3-2-4-6-11/h5,10,12H,2-4,6-9H2,1H3. The Hall–Kier alpha value is -0.630. The summed E-state index contributed by atoms with van der Waals surface area (Å²) >= 11 is 0. The van der Waals surface area contributed by atoms with Gasteiger partial charge >= 0.3 is 0 Å². The largest absolute Gasteiger partial charge is 0.381 e. The van der Waals surface area contributed by atoms with E-state index in [4.69, 9.17) is 4.74 Å². The third-order valence-corrected chi connectivity index (χ3v) is 3.59. The molecule has 1 saturated heterocycles. The van der Waals surface area contributed by atoms with Gasteiger partial charge in [0.2, 0.25) is 0 Å². The highest BCUT2D eigenvalue weighted by Crippen LogP contribution is 2.28. The molecule has 0 bridgehead atoms. The summed E-state index contributed by atoms with van der Waals surface area (Å²) in [6, 6.07) is 0. The zero-order valence-electron chi connectivity index (χ0n) is 9.50. The van der Waals surface area contributed by atoms with Crippen LogP contribution in [0.15, 0.2) is 11.6 Å². The second kappa shape index (κ2) is 4.93. The fourth-order valence-electron chi connectivity index (χ4n) is 2.57. The van der Waals surface area contributed by atoms with Gasteiger partial charge in [-0.2, -0.15) is 0 Å². The molecule has 0 aromatic heterocycles. The van der Waals surface area contributed by atoms with Crippen LogP contribution in [-0.4, -0.2) is 19.0 Å². The van der Waals surface area contributed by atoms with Crippen molar-refractivity contribution in [2.24, 2.45) is 11.8 Å². The topological polar surface area (TPSA) is 26.3 Å². The third kappa shape index (κ3) is 2.49. The van der Waals surface area contributed by atoms with Crippen molar-refractivity contribution in [1.29, 1.82) is 0 Å². The van der Waals surface area contributed by atoms with Gasteiger partial charge in [0, 0.05) is 19.1 Å². The number of ether oxygens (including phenoxy) is 1. The predicted octanol–water partition coefficient (Wildman–Crippen LogP) is 2.73. The Morgan fingerprint density at radius 1 is 1.47 bits per heavy atom. The van der Waals surface area contributed by atoms with Crippen LogP contribution < -0.4 is 0 Å². The van der Waals surface area contributed by atoms with Crippen molar-refractivity contribution >= 4 is 5.78 Å². The number of hydrogen-bond acceptors (Lipinski definition) is 2. The van der Waals surface area contributed by atoms with Gasteiger partial charge in [-0.1, -0.05) is 13.0 Å². The number of Topliss-reactive ketones (excluding diaryl/α,β-unsaturated/α-hetero) is 1. The number of carbonyl (C=O) groups is 1. The predicted molar refractivity (Wildman–Crippen MR) is 59.6 cm³/mol. The van der Waals surface area contributed by atoms with E-state index >= 15 is 0 Å². The van der Waals surface area contributed by atoms with Gasteiger partial charge < -0.3 is 4.74 Å². The highest BCUT2D eigenvalue weighted by molar-refractivity contribution is 5.97. The Morgan fingerprint density at radius 3 is 3.00 bits per heavy atom. The van der Waals surface area contributed by atoms with Crippen LogP contribution in [0.5, 0.6) is 0 Å². The van der Waals surface area contributed by atoms with Crippen molar-refractivity contribution in [3.05, 3.63) is 11.6 Å². The van der Waals surface area contributed by atoms with E-state index in [1.165, 1.54) is 12.8 Å². The fraction of sp³-hybridized carbons (Fsp3) is 0.769. The van der Waals surface area contributed by atoms with Crippen molar-refractivity contribution in [2.75, 3.05) is 13.2 Å². The SMILES string of the molecule is CC1COCCC1C(=O)C1=CCCCC1. The van der Waals surface area contributed by atoms with Gasteiger partial charge in [-0.05, 0) is 43.6 Å². The quantitative estimate of drug-likeness (QED) is 0.697. The average molecular weight is 208 g/mol. The second-order valence-electron chi connectivity index (χ2n) is 4.79. The van der Waals surface area contributed by atoms with Crippen molar-refractivity contribution in [1.82, 2.24) is 0 Å². The van der Waals surface area contributed by atoms with Crippen molar-refractivity contribution in [2.45, 2.75) is 39.0 Å². The zero-order valence-corrected chi connectivity index (χ0v) is 9.50. The molecular weight excluding hydrogens is 188 g/mol. The summed E-state index contributed by atoms with van der Waals surface area (Å²) in [6.07, 6.45) is 7.61. The van der Waals surface area contributed by atoms with Gasteiger partial charge in [-0.3, -0.25) is 4.79 Å². The highest BCUT2D eigenvalue weighted by Gasteiger charge is 2.30. The van der Waals surface area contributed by atoms with E-state index < -0.39 is 0 Å². The first-order chi connectivity index (χ1) is 7.29. The lowest BCUT2D eigenvalue weighted by Crippen LogP contribution is -2.32. The summed E-state index contributed by atoms with van der Waals surface area (Å²) in [5, 5.41) is 0. The summed E-state index contributed by atoms with van der Waals surface area (Å²) in [5.41, 5.74) is 1.10. The van der Waals surface area contributed by atoms with E-state index in [1.807, 2.05) is 0 Å². The Balaban J connectivity index is 2.02. The van der Waals surface area contributed by atoms with Crippen LogP contribution in [-0.2, 0) is 9.53 Å². The summed E-state index contributed by atoms with van der Waals surface area (Å²) in [4.78, 5) is 12.2. The van der Waals surface area contributed by atoms with E-state index in [2.05, 4.69) is 13.0 Å². The van der Waals surface area contributed by atoms with Crippen molar-refractivity contribution in [3.63, 3.8) is 0 Å². The monoisotopic (exact) mass is 208 g/mol. The maximum absolute atomic E-state index is 12.2. The molecule has 1 aliphatic carbocycles. The summed E-state index contributed by atoms with van der Waals surface area (Å²) < 4.78 is 5.38. The molecule has 84 valence electrons. The molecule has 2 unspecified atom stereocenters. The minimum absolute atomic E-state index is 0.225. The first-order valence-electron chi connectivity index (χ1n) is 6.10. The van der Waals surface area contributed by atoms with E-state index in [9.17, 15) is 4.79 Å². The molecule has 0 saturated carbocycles. The number of carbonyl (C=O) groups excluding carboxylic acids is 1. The molecule has 1 heterocycles. The lowest BCUT2D eigenvalue weighted by molar-refractivity contribution is -0.124. The Morgan fingerprint density at radius 2 is 2.33 bits per heavy atom. The average Bonchev–Trinajstić information content (AvgIpc) is 2.30. The molecule has 0 radical (unpaired) electrons. The van der Waals surface area contributed by atoms with Crippen LogP contribution in [0.3, 0.4) is 0 Å². The van der Waals surface area contributed by atoms with Gasteiger partial charge in [-0.15, -0.1) is 0 Å². The van der Waals surface area contributed by atoms with Gasteiger partial charge in [-0.25, -0.2) is 0 Å². The number of allylic oxidation sites excluding steroid dienone is 2. The first-order valence-corrected chi connectivity index (χ1v) is 6.10. The van der Waals surface area contributed by atoms with Crippen LogP contribution in [0.2, 0.25) is 0 Å². The zero-order chi connectivity index (χ0) is 10.7. The molecule has 0 aromatic rings. The van der Waals surface area contributed by atoms with Gasteiger partial charge in [0.25, 0.3) is 0 Å². The normalized spacial score (nSPS) is 32.2. The molecule has 1 fully saturated rings. The molecule has 1 aliphatic heterocycles. The number of ketones is 1. The molecule has 2 rings (SSSR count). The van der Waals surface area contributed by atoms with Gasteiger partial charge in [0.15, 0.2) is 5.78 Å². The Labute approximate surface area is 91.7 Å². The van der Waals surface area contributed by atoms with Crippen LogP contribution in [0.4, 0.5) is 0 Å². The molecular formula is C13H20O2. The van der Waals surface area contributed by atoms with E-state index in [0.29, 0.717) is 11.7 Å². The van der Waals surface area contributed by atoms with Crippen LogP contribution in [0, 0.1) is 11.8 Å². The van der Waals surface area contributed by atoms with Gasteiger partial charge in [0.05, 0.1) is 0 Å². The molecule has 15 heavy (non-hydrogen) atoms. The number of hydrogen-bond donors (Lipinski definition) is 0. The lowest BCUT2D eigenvalue weighted by atomic mass is 9.81. The summed E-state index contributed by atoms with van der Waals surface area (Å²) in [7, 11) is 0. The van der Waals surface area contributed by atoms with E-state index in [1.54, 1.807) is 0 Å². The molecule has 2 atom stereocenters. The van der Waals surface area contributed by atoms with Gasteiger partial charge in [0.1, 0.15) is 0 Å². The molecule has 0 aromatic carbocycles. The second-order valence-corrected chi connectivity index (χ2v) is 4.79. The molecule has 0 N–H and O–H groups in total. The third-order valence-electron chi connectivity index (χ3n) is 3.59. The van der Waals surface area contributed by atoms with Crippen LogP contribution >= 0.6 is 0 Å². The lowest BCUT2D eigenvalue weighted by Gasteiger charge is -2.29. The Kier molecular flexibility index (Phi) is 3.57. The Bertz CT molecular complexity index is 268. The van der Waals surface area contributed by atoms with Crippen molar-refractivity contribution < 1.29 is 9.53 Å². The summed E-state index contributed by atoms with van der Waals surface area (Å²) in [5.74, 6) is 1.03. The summed E-state index contributed by atoms with van der Waals surface area (Å²) in [6.45, 7) is 3.64. The first kappa shape index (κ1) is 10.9. The van der Waals surface area contributed by atoms with Crippen LogP contribution in [0.1, 0.15) is 39.0 Å². The fourth-order valence-corrected chi connectivity index (χ4v) is 2.57. The molecule has 2 nitrogen and oxygen atoms in total. The van der Waals surface area contributed by atoms with Crippen molar-refractivity contribution in [3.8, 4) is 0 Å². The number of rotatable bonds is 2. The minimum atomic E-state index is 0.225. The van der Waals surface area contributed by atoms with E-state index in [-0.39, 0.29) is 5.92 Å². The molecule has 2 heteroatoms.